The highest BCUT2D eigenvalue weighted by atomic mass is 79.9. The number of allylic oxidation sites excluding steroid dienone is 1. The van der Waals surface area contributed by atoms with Crippen molar-refractivity contribution in [3.63, 3.8) is 0 Å². The van der Waals surface area contributed by atoms with E-state index in [-0.39, 0.29) is 0 Å². The molecule has 66 valence electrons. The molecule has 0 rings (SSSR count). The van der Waals surface area contributed by atoms with Crippen LogP contribution in [0.25, 0.3) is 0 Å². The van der Waals surface area contributed by atoms with E-state index in [9.17, 15) is 0 Å². The molecule has 0 nitrogen and oxygen atoms in total. The summed E-state index contributed by atoms with van der Waals surface area (Å²) in [5, 5.41) is 0. The molecule has 11 heavy (non-hydrogen) atoms. The highest BCUT2D eigenvalue weighted by molar-refractivity contribution is 9.28. The third-order valence-corrected chi connectivity index (χ3v) is 2.25. The van der Waals surface area contributed by atoms with Gasteiger partial charge < -0.3 is 0 Å². The Morgan fingerprint density at radius 2 is 1.73 bits per heavy atom. The van der Waals surface area contributed by atoms with Gasteiger partial charge >= 0.3 is 0 Å². The van der Waals surface area contributed by atoms with Gasteiger partial charge in [-0.05, 0) is 44.7 Å². The lowest BCUT2D eigenvalue weighted by atomic mass is 10.1. The molecule has 0 unspecified atom stereocenters. The number of hydrogen-bond acceptors (Lipinski definition) is 0. The summed E-state index contributed by atoms with van der Waals surface area (Å²) in [6.07, 6.45) is 10.2. The van der Waals surface area contributed by atoms with Crippen LogP contribution in [0, 0.1) is 0 Å². The van der Waals surface area contributed by atoms with Gasteiger partial charge in [-0.3, -0.25) is 0 Å². The molecule has 0 fully saturated rings. The van der Waals surface area contributed by atoms with Gasteiger partial charge in [0, 0.05) is 0 Å². The zero-order valence-electron chi connectivity index (χ0n) is 7.08. The molecule has 0 aromatic carbocycles. The average Bonchev–Trinajstić information content (AvgIpc) is 1.96. The van der Waals surface area contributed by atoms with Crippen molar-refractivity contribution in [2.45, 2.75) is 45.4 Å². The predicted molar refractivity (Wildman–Crippen MR) is 59.3 cm³/mol. The normalized spacial score (nSPS) is 9.73. The van der Waals surface area contributed by atoms with Crippen LogP contribution >= 0.6 is 31.9 Å². The standard InChI is InChI=1S/C9H16Br2/c1-2-3-4-5-6-7-8-9(10)11/h8H,2-7H2,1H3. The zero-order valence-corrected chi connectivity index (χ0v) is 10.2. The molecule has 2 heteroatoms. The molecular formula is C9H16Br2. The Kier molecular flexibility index (Phi) is 9.35. The third kappa shape index (κ3) is 10.7. The Hall–Kier alpha value is 0.700. The quantitative estimate of drug-likeness (QED) is 0.603. The molecule has 0 spiro atoms. The maximum atomic E-state index is 3.33. The fraction of sp³-hybridized carbons (Fsp3) is 0.778. The summed E-state index contributed by atoms with van der Waals surface area (Å²) in [7, 11) is 0. The van der Waals surface area contributed by atoms with E-state index in [0.29, 0.717) is 0 Å². The first kappa shape index (κ1) is 11.7. The van der Waals surface area contributed by atoms with Crippen molar-refractivity contribution in [3.8, 4) is 0 Å². The SMILES string of the molecule is CCCCCCCC=C(Br)Br. The van der Waals surface area contributed by atoms with Crippen LogP contribution in [-0.2, 0) is 0 Å². The molecule has 0 aromatic heterocycles. The van der Waals surface area contributed by atoms with E-state index < -0.39 is 0 Å². The molecule has 0 saturated heterocycles. The Morgan fingerprint density at radius 3 is 2.27 bits per heavy atom. The van der Waals surface area contributed by atoms with Crippen molar-refractivity contribution in [1.29, 1.82) is 0 Å². The Morgan fingerprint density at radius 1 is 1.09 bits per heavy atom. The fourth-order valence-electron chi connectivity index (χ4n) is 0.959. The van der Waals surface area contributed by atoms with Crippen molar-refractivity contribution in [2.24, 2.45) is 0 Å². The first-order valence-electron chi connectivity index (χ1n) is 4.28. The summed E-state index contributed by atoms with van der Waals surface area (Å²) in [5.41, 5.74) is 0. The predicted octanol–water partition coefficient (Wildman–Crippen LogP) is 4.98. The minimum Gasteiger partial charge on any atom is -0.0654 e. The second kappa shape index (κ2) is 8.79. The van der Waals surface area contributed by atoms with Crippen molar-refractivity contribution < 1.29 is 0 Å². The smallest absolute Gasteiger partial charge is 0.0564 e. The summed E-state index contributed by atoms with van der Waals surface area (Å²) in [6, 6.07) is 0. The summed E-state index contributed by atoms with van der Waals surface area (Å²) in [6.45, 7) is 2.25. The van der Waals surface area contributed by atoms with Crippen LogP contribution in [0.5, 0.6) is 0 Å². The topological polar surface area (TPSA) is 0 Å². The summed E-state index contributed by atoms with van der Waals surface area (Å²) in [5.74, 6) is 0. The number of hydrogen-bond donors (Lipinski definition) is 0. The van der Waals surface area contributed by atoms with E-state index in [0.717, 1.165) is 3.39 Å². The molecule has 0 amide bonds. The zero-order chi connectivity index (χ0) is 8.53. The van der Waals surface area contributed by atoms with Crippen LogP contribution in [0.15, 0.2) is 9.47 Å². The second-order valence-electron chi connectivity index (χ2n) is 2.70. The maximum absolute atomic E-state index is 3.33. The van der Waals surface area contributed by atoms with Crippen molar-refractivity contribution in [1.82, 2.24) is 0 Å². The molecule has 0 aliphatic rings. The molecule has 0 aliphatic carbocycles. The van der Waals surface area contributed by atoms with Gasteiger partial charge in [-0.15, -0.1) is 0 Å². The lowest BCUT2D eigenvalue weighted by Crippen LogP contribution is -1.75. The van der Waals surface area contributed by atoms with Crippen molar-refractivity contribution in [2.75, 3.05) is 0 Å². The first-order valence-corrected chi connectivity index (χ1v) is 5.87. The molecule has 0 radical (unpaired) electrons. The number of unbranched alkanes of at least 4 members (excludes halogenated alkanes) is 5. The lowest BCUT2D eigenvalue weighted by molar-refractivity contribution is 0.637. The van der Waals surface area contributed by atoms with Crippen LogP contribution in [0.1, 0.15) is 45.4 Å². The van der Waals surface area contributed by atoms with Gasteiger partial charge in [-0.1, -0.05) is 38.7 Å². The second-order valence-corrected chi connectivity index (χ2v) is 5.47. The third-order valence-electron chi connectivity index (χ3n) is 1.61. The summed E-state index contributed by atoms with van der Waals surface area (Å²) >= 11 is 6.67. The van der Waals surface area contributed by atoms with E-state index in [4.69, 9.17) is 0 Å². The first-order chi connectivity index (χ1) is 5.27. The molecule has 0 bridgehead atoms. The average molecular weight is 284 g/mol. The highest BCUT2D eigenvalue weighted by Gasteiger charge is 1.87. The monoisotopic (exact) mass is 282 g/mol. The largest absolute Gasteiger partial charge is 0.0654 e. The minimum atomic E-state index is 1.08. The summed E-state index contributed by atoms with van der Waals surface area (Å²) < 4.78 is 1.08. The Balaban J connectivity index is 2.97. The van der Waals surface area contributed by atoms with E-state index in [1.54, 1.807) is 0 Å². The fourth-order valence-corrected chi connectivity index (χ4v) is 1.42. The molecular weight excluding hydrogens is 268 g/mol. The molecule has 0 aliphatic heterocycles. The van der Waals surface area contributed by atoms with E-state index in [1.165, 1.54) is 38.5 Å². The van der Waals surface area contributed by atoms with E-state index >= 15 is 0 Å². The van der Waals surface area contributed by atoms with Crippen molar-refractivity contribution in [3.05, 3.63) is 9.47 Å². The molecule has 0 atom stereocenters. The molecule has 0 N–H and O–H groups in total. The van der Waals surface area contributed by atoms with Crippen LogP contribution in [0.3, 0.4) is 0 Å². The number of halogens is 2. The lowest BCUT2D eigenvalue weighted by Gasteiger charge is -1.95. The molecule has 0 aromatic rings. The van der Waals surface area contributed by atoms with Gasteiger partial charge in [-0.2, -0.15) is 0 Å². The Labute approximate surface area is 86.7 Å². The van der Waals surface area contributed by atoms with Crippen LogP contribution < -0.4 is 0 Å². The summed E-state index contributed by atoms with van der Waals surface area (Å²) in [4.78, 5) is 0. The van der Waals surface area contributed by atoms with Crippen LogP contribution in [0.4, 0.5) is 0 Å². The van der Waals surface area contributed by atoms with Gasteiger partial charge in [0.15, 0.2) is 0 Å². The van der Waals surface area contributed by atoms with Crippen LogP contribution in [0.2, 0.25) is 0 Å². The van der Waals surface area contributed by atoms with Gasteiger partial charge in [-0.25, -0.2) is 0 Å². The number of rotatable bonds is 6. The minimum absolute atomic E-state index is 1.08. The molecule has 0 heterocycles. The maximum Gasteiger partial charge on any atom is 0.0564 e. The highest BCUT2D eigenvalue weighted by Crippen LogP contribution is 2.15. The van der Waals surface area contributed by atoms with Gasteiger partial charge in [0.2, 0.25) is 0 Å². The molecule has 0 saturated carbocycles. The van der Waals surface area contributed by atoms with Gasteiger partial charge in [0.1, 0.15) is 0 Å². The van der Waals surface area contributed by atoms with Gasteiger partial charge in [0.25, 0.3) is 0 Å². The van der Waals surface area contributed by atoms with Crippen molar-refractivity contribution >= 4 is 31.9 Å². The van der Waals surface area contributed by atoms with E-state index in [1.807, 2.05) is 0 Å². The van der Waals surface area contributed by atoms with E-state index in [2.05, 4.69) is 44.9 Å². The Bertz CT molecular complexity index is 104. The van der Waals surface area contributed by atoms with Crippen LogP contribution in [-0.4, -0.2) is 0 Å². The van der Waals surface area contributed by atoms with Gasteiger partial charge in [0.05, 0.1) is 3.39 Å².